The maximum absolute atomic E-state index is 13.9. The minimum absolute atomic E-state index is 0.0551. The van der Waals surface area contributed by atoms with Crippen molar-refractivity contribution < 1.29 is 35.9 Å². The quantitative estimate of drug-likeness (QED) is 0.655. The Balaban J connectivity index is 1.94. The van der Waals surface area contributed by atoms with E-state index in [4.69, 9.17) is 0 Å². The van der Waals surface area contributed by atoms with Gasteiger partial charge in [0.25, 0.3) is 5.91 Å². The van der Waals surface area contributed by atoms with Crippen LogP contribution < -0.4 is 5.32 Å². The first-order valence-corrected chi connectivity index (χ1v) is 10.3. The molecule has 12 heteroatoms. The number of benzene rings is 1. The molecule has 33 heavy (non-hydrogen) atoms. The molecule has 6 nitrogen and oxygen atoms in total. The molecule has 2 heterocycles. The Hall–Kier alpha value is -3.05. The fourth-order valence-corrected chi connectivity index (χ4v) is 3.73. The van der Waals surface area contributed by atoms with E-state index in [1.807, 2.05) is 6.92 Å². The molecular weight excluding hydrogens is 454 g/mol. The largest absolute Gasteiger partial charge is 0.434 e. The number of aromatic nitrogens is 2. The van der Waals surface area contributed by atoms with E-state index in [9.17, 15) is 35.9 Å². The van der Waals surface area contributed by atoms with Gasteiger partial charge in [-0.1, -0.05) is 13.0 Å². The minimum Gasteiger partial charge on any atom is -0.356 e. The van der Waals surface area contributed by atoms with E-state index in [2.05, 4.69) is 10.4 Å². The zero-order chi connectivity index (χ0) is 24.4. The summed E-state index contributed by atoms with van der Waals surface area (Å²) in [6, 6.07) is 3.27. The van der Waals surface area contributed by atoms with Crippen molar-refractivity contribution in [3.8, 4) is 5.69 Å². The van der Waals surface area contributed by atoms with E-state index in [1.165, 1.54) is 0 Å². The third-order valence-electron chi connectivity index (χ3n) is 5.31. The number of hydrogen-bond donors (Lipinski definition) is 1. The summed E-state index contributed by atoms with van der Waals surface area (Å²) >= 11 is 0. The van der Waals surface area contributed by atoms with E-state index in [1.54, 1.807) is 0 Å². The van der Waals surface area contributed by atoms with Crippen LogP contribution in [0.1, 0.15) is 47.8 Å². The summed E-state index contributed by atoms with van der Waals surface area (Å²) in [7, 11) is 0. The zero-order valence-corrected chi connectivity index (χ0v) is 17.6. The molecule has 2 aromatic rings. The van der Waals surface area contributed by atoms with Crippen molar-refractivity contribution in [1.82, 2.24) is 20.0 Å². The van der Waals surface area contributed by atoms with Gasteiger partial charge < -0.3 is 10.2 Å². The number of nitrogens with one attached hydrogen (secondary N) is 1. The maximum atomic E-state index is 13.9. The first-order chi connectivity index (χ1) is 15.4. The van der Waals surface area contributed by atoms with E-state index in [0.717, 1.165) is 23.1 Å². The third kappa shape index (κ3) is 5.48. The van der Waals surface area contributed by atoms with Crippen molar-refractivity contribution in [2.75, 3.05) is 19.6 Å². The number of carbonyl (C=O) groups excluding carboxylic acids is 2. The molecule has 1 aromatic heterocycles. The predicted octanol–water partition coefficient (Wildman–Crippen LogP) is 4.29. The van der Waals surface area contributed by atoms with Crippen LogP contribution >= 0.6 is 0 Å². The van der Waals surface area contributed by atoms with Gasteiger partial charge >= 0.3 is 12.4 Å². The van der Waals surface area contributed by atoms with E-state index in [-0.39, 0.29) is 23.7 Å². The minimum atomic E-state index is -5.07. The first kappa shape index (κ1) is 24.6. The number of hydrogen-bond acceptors (Lipinski definition) is 3. The van der Waals surface area contributed by atoms with Gasteiger partial charge in [0, 0.05) is 19.6 Å². The smallest absolute Gasteiger partial charge is 0.356 e. The van der Waals surface area contributed by atoms with E-state index in [0.29, 0.717) is 38.1 Å². The topological polar surface area (TPSA) is 67.2 Å². The lowest BCUT2D eigenvalue weighted by Gasteiger charge is -2.32. The summed E-state index contributed by atoms with van der Waals surface area (Å²) in [5.74, 6) is -1.80. The summed E-state index contributed by atoms with van der Waals surface area (Å²) in [6.45, 7) is 2.42. The molecule has 1 N–H and O–H groups in total. The fourth-order valence-electron chi connectivity index (χ4n) is 3.73. The van der Waals surface area contributed by atoms with Crippen LogP contribution in [-0.4, -0.2) is 46.1 Å². The molecule has 3 rings (SSSR count). The zero-order valence-electron chi connectivity index (χ0n) is 17.6. The first-order valence-electron chi connectivity index (χ1n) is 10.3. The number of alkyl halides is 6. The van der Waals surface area contributed by atoms with Gasteiger partial charge in [-0.15, -0.1) is 0 Å². The van der Waals surface area contributed by atoms with Crippen LogP contribution in [0.2, 0.25) is 0 Å². The van der Waals surface area contributed by atoms with Crippen molar-refractivity contribution in [3.05, 3.63) is 47.3 Å². The van der Waals surface area contributed by atoms with Gasteiger partial charge in [-0.05, 0) is 37.5 Å². The Bertz CT molecular complexity index is 1010. The molecule has 1 saturated heterocycles. The van der Waals surface area contributed by atoms with Gasteiger partial charge in [0.15, 0.2) is 5.69 Å². The monoisotopic (exact) mass is 476 g/mol. The highest BCUT2D eigenvalue weighted by atomic mass is 19.4. The van der Waals surface area contributed by atoms with Gasteiger partial charge in [0.1, 0.15) is 0 Å². The second kappa shape index (κ2) is 9.44. The summed E-state index contributed by atoms with van der Waals surface area (Å²) in [5, 5.41) is 6.30. The Morgan fingerprint density at radius 2 is 1.88 bits per heavy atom. The van der Waals surface area contributed by atoms with Crippen LogP contribution in [-0.2, 0) is 17.1 Å². The average molecular weight is 476 g/mol. The molecule has 180 valence electrons. The lowest BCUT2D eigenvalue weighted by atomic mass is 9.96. The maximum Gasteiger partial charge on any atom is 0.434 e. The highest BCUT2D eigenvalue weighted by Crippen LogP contribution is 2.36. The Kier molecular flexibility index (Phi) is 7.03. The van der Waals surface area contributed by atoms with Crippen LogP contribution in [0.4, 0.5) is 26.3 Å². The van der Waals surface area contributed by atoms with Gasteiger partial charge in [0.05, 0.1) is 28.9 Å². The van der Waals surface area contributed by atoms with Crippen molar-refractivity contribution >= 4 is 11.8 Å². The Morgan fingerprint density at radius 1 is 1.15 bits per heavy atom. The number of nitrogens with zero attached hydrogens (tertiary/aromatic N) is 3. The molecule has 1 aromatic carbocycles. The number of halogens is 6. The molecule has 0 radical (unpaired) electrons. The highest BCUT2D eigenvalue weighted by molar-refractivity contribution is 5.96. The number of rotatable bonds is 5. The highest BCUT2D eigenvalue weighted by Gasteiger charge is 2.42. The SMILES string of the molecule is CCCNC(=O)C1CCCN(C(=O)c2cnn(-c3cccc(C(F)(F)F)c3)c2C(F)(F)F)C1. The molecule has 1 atom stereocenters. The fraction of sp³-hybridized carbons (Fsp3) is 0.476. The molecule has 0 aliphatic carbocycles. The van der Waals surface area contributed by atoms with Gasteiger partial charge in [-0.2, -0.15) is 31.4 Å². The van der Waals surface area contributed by atoms with Crippen LogP contribution in [0.3, 0.4) is 0 Å². The molecule has 0 bridgehead atoms. The second-order valence-corrected chi connectivity index (χ2v) is 7.75. The molecular formula is C21H22F6N4O2. The number of amides is 2. The molecule has 0 saturated carbocycles. The van der Waals surface area contributed by atoms with E-state index < -0.39 is 46.7 Å². The third-order valence-corrected chi connectivity index (χ3v) is 5.31. The summed E-state index contributed by atoms with van der Waals surface area (Å²) < 4.78 is 81.1. The standard InChI is InChI=1S/C21H22F6N4O2/c1-2-8-28-18(32)13-5-4-9-30(12-13)19(33)16-11-29-31(17(16)21(25,26)27)15-7-3-6-14(10-15)20(22,23)24/h3,6-7,10-11,13H,2,4-5,8-9,12H2,1H3,(H,28,32). The molecule has 2 amide bonds. The van der Waals surface area contributed by atoms with Crippen LogP contribution in [0.25, 0.3) is 5.69 Å². The molecule has 0 spiro atoms. The summed E-state index contributed by atoms with van der Waals surface area (Å²) in [4.78, 5) is 26.4. The van der Waals surface area contributed by atoms with Crippen molar-refractivity contribution in [2.45, 2.75) is 38.5 Å². The van der Waals surface area contributed by atoms with Gasteiger partial charge in [-0.3, -0.25) is 9.59 Å². The number of carbonyl (C=O) groups is 2. The summed E-state index contributed by atoms with van der Waals surface area (Å²) in [6.07, 6.45) is -7.49. The molecule has 1 aliphatic rings. The van der Waals surface area contributed by atoms with Crippen molar-refractivity contribution in [1.29, 1.82) is 0 Å². The summed E-state index contributed by atoms with van der Waals surface area (Å²) in [5.41, 5.74) is -3.88. The molecule has 1 unspecified atom stereocenters. The number of piperidine rings is 1. The molecule has 1 fully saturated rings. The predicted molar refractivity (Wildman–Crippen MR) is 105 cm³/mol. The Morgan fingerprint density at radius 3 is 2.52 bits per heavy atom. The number of likely N-dealkylation sites (tertiary alicyclic amines) is 1. The second-order valence-electron chi connectivity index (χ2n) is 7.75. The van der Waals surface area contributed by atoms with Crippen LogP contribution in [0.15, 0.2) is 30.5 Å². The lowest BCUT2D eigenvalue weighted by molar-refractivity contribution is -0.143. The molecule has 1 aliphatic heterocycles. The average Bonchev–Trinajstić information content (AvgIpc) is 3.22. The van der Waals surface area contributed by atoms with Crippen molar-refractivity contribution in [3.63, 3.8) is 0 Å². The van der Waals surface area contributed by atoms with Gasteiger partial charge in [0.2, 0.25) is 5.91 Å². The normalized spacial score (nSPS) is 17.2. The van der Waals surface area contributed by atoms with E-state index >= 15 is 0 Å². The van der Waals surface area contributed by atoms with Crippen molar-refractivity contribution in [2.24, 2.45) is 5.92 Å². The Labute approximate surface area is 185 Å². The lowest BCUT2D eigenvalue weighted by Crippen LogP contribution is -2.45. The van der Waals surface area contributed by atoms with Crippen LogP contribution in [0, 0.1) is 5.92 Å². The van der Waals surface area contributed by atoms with Crippen LogP contribution in [0.5, 0.6) is 0 Å². The van der Waals surface area contributed by atoms with Gasteiger partial charge in [-0.25, -0.2) is 4.68 Å².